The minimum Gasteiger partial charge on any atom is -0.263 e. The van der Waals surface area contributed by atoms with Crippen molar-refractivity contribution in [2.75, 3.05) is 0 Å². The first-order valence-corrected chi connectivity index (χ1v) is 4.00. The second-order valence-corrected chi connectivity index (χ2v) is 2.99. The van der Waals surface area contributed by atoms with Crippen LogP contribution in [-0.4, -0.2) is 18.8 Å². The van der Waals surface area contributed by atoms with Crippen LogP contribution < -0.4 is 0 Å². The van der Waals surface area contributed by atoms with E-state index in [1.54, 1.807) is 0 Å². The third kappa shape index (κ3) is 4.66. The minimum atomic E-state index is -4.67. The van der Waals surface area contributed by atoms with E-state index in [1.807, 2.05) is 0 Å². The molecular formula is C4H9FO4S. The normalized spacial score (nSPS) is 18.4. The molecule has 0 bridgehead atoms. The second kappa shape index (κ2) is 2.81. The molecule has 0 radical (unpaired) electrons. The lowest BCUT2D eigenvalue weighted by atomic mass is 10.3. The summed E-state index contributed by atoms with van der Waals surface area (Å²) in [6.07, 6.45) is -0.146. The molecule has 1 unspecified atom stereocenters. The molecule has 0 amide bonds. The van der Waals surface area contributed by atoms with Crippen molar-refractivity contribution in [2.45, 2.75) is 26.1 Å². The Hall–Kier alpha value is -0.200. The van der Waals surface area contributed by atoms with E-state index in [4.69, 9.17) is 4.55 Å². The van der Waals surface area contributed by atoms with Crippen molar-refractivity contribution >= 4 is 10.4 Å². The molecule has 0 spiro atoms. The quantitative estimate of drug-likeness (QED) is 0.642. The Bertz CT molecular complexity index is 195. The molecule has 4 nitrogen and oxygen atoms in total. The van der Waals surface area contributed by atoms with Gasteiger partial charge >= 0.3 is 10.4 Å². The van der Waals surface area contributed by atoms with Gasteiger partial charge in [-0.15, -0.1) is 0 Å². The highest BCUT2D eigenvalue weighted by molar-refractivity contribution is 7.80. The van der Waals surface area contributed by atoms with E-state index in [0.717, 1.165) is 6.92 Å². The maximum absolute atomic E-state index is 12.6. The van der Waals surface area contributed by atoms with E-state index in [0.29, 0.717) is 0 Å². The Morgan fingerprint density at radius 1 is 1.70 bits per heavy atom. The van der Waals surface area contributed by atoms with Crippen LogP contribution in [-0.2, 0) is 14.6 Å². The van der Waals surface area contributed by atoms with E-state index < -0.39 is 16.3 Å². The molecule has 0 fully saturated rings. The van der Waals surface area contributed by atoms with Crippen LogP contribution in [0.25, 0.3) is 0 Å². The van der Waals surface area contributed by atoms with E-state index in [-0.39, 0.29) is 6.42 Å². The highest BCUT2D eigenvalue weighted by Crippen LogP contribution is 2.18. The summed E-state index contributed by atoms with van der Waals surface area (Å²) in [6, 6.07) is 0. The Labute approximate surface area is 59.0 Å². The van der Waals surface area contributed by atoms with Gasteiger partial charge in [0.25, 0.3) is 0 Å². The molecule has 10 heavy (non-hydrogen) atoms. The molecule has 0 saturated carbocycles. The van der Waals surface area contributed by atoms with Crippen LogP contribution in [0.1, 0.15) is 20.3 Å². The highest BCUT2D eigenvalue weighted by atomic mass is 32.3. The van der Waals surface area contributed by atoms with Crippen LogP contribution in [0.5, 0.6) is 0 Å². The van der Waals surface area contributed by atoms with Crippen LogP contribution in [0, 0.1) is 0 Å². The molecule has 1 N–H and O–H groups in total. The number of halogens is 1. The van der Waals surface area contributed by atoms with Gasteiger partial charge in [0.05, 0.1) is 0 Å². The van der Waals surface area contributed by atoms with Gasteiger partial charge in [-0.25, -0.2) is 8.57 Å². The van der Waals surface area contributed by atoms with E-state index in [9.17, 15) is 12.8 Å². The first kappa shape index (κ1) is 9.80. The molecular weight excluding hydrogens is 163 g/mol. The summed E-state index contributed by atoms with van der Waals surface area (Å²) < 4.78 is 44.0. The van der Waals surface area contributed by atoms with Gasteiger partial charge in [-0.2, -0.15) is 8.42 Å². The summed E-state index contributed by atoms with van der Waals surface area (Å²) in [5, 5.41) is 0. The lowest BCUT2D eigenvalue weighted by molar-refractivity contribution is -0.0491. The Morgan fingerprint density at radius 3 is 2.20 bits per heavy atom. The van der Waals surface area contributed by atoms with Crippen molar-refractivity contribution in [3.63, 3.8) is 0 Å². The zero-order chi connectivity index (χ0) is 8.41. The molecule has 0 aromatic rings. The molecule has 0 aromatic carbocycles. The van der Waals surface area contributed by atoms with Crippen molar-refractivity contribution in [1.82, 2.24) is 0 Å². The molecule has 1 atom stereocenters. The van der Waals surface area contributed by atoms with Crippen LogP contribution >= 0.6 is 0 Å². The number of alkyl halides is 1. The number of hydrogen-bond acceptors (Lipinski definition) is 3. The summed E-state index contributed by atoms with van der Waals surface area (Å²) in [6.45, 7) is 2.31. The van der Waals surface area contributed by atoms with E-state index in [1.165, 1.54) is 6.92 Å². The standard InChI is InChI=1S/C4H9FO4S/c1-3-4(2,5)9-10(6,7)8/h3H2,1-2H3,(H,6,7,8). The highest BCUT2D eigenvalue weighted by Gasteiger charge is 2.27. The third-order valence-corrected chi connectivity index (χ3v) is 1.47. The van der Waals surface area contributed by atoms with Crippen LogP contribution in [0.2, 0.25) is 0 Å². The Kier molecular flexibility index (Phi) is 2.76. The number of rotatable bonds is 3. The summed E-state index contributed by atoms with van der Waals surface area (Å²) in [5.41, 5.74) is 0. The first-order valence-electron chi connectivity index (χ1n) is 2.64. The minimum absolute atomic E-state index is 0.146. The van der Waals surface area contributed by atoms with Gasteiger partial charge in [0.15, 0.2) is 0 Å². The fourth-order valence-electron chi connectivity index (χ4n) is 0.279. The van der Waals surface area contributed by atoms with Crippen LogP contribution in [0.15, 0.2) is 0 Å². The smallest absolute Gasteiger partial charge is 0.263 e. The molecule has 62 valence electrons. The second-order valence-electron chi connectivity index (χ2n) is 1.97. The topological polar surface area (TPSA) is 63.6 Å². The lowest BCUT2D eigenvalue weighted by Crippen LogP contribution is -2.24. The van der Waals surface area contributed by atoms with Gasteiger partial charge in [0.2, 0.25) is 5.85 Å². The zero-order valence-corrected chi connectivity index (χ0v) is 6.48. The lowest BCUT2D eigenvalue weighted by Gasteiger charge is -2.14. The van der Waals surface area contributed by atoms with Gasteiger partial charge in [0, 0.05) is 6.42 Å². The monoisotopic (exact) mass is 172 g/mol. The SMILES string of the molecule is CCC(C)(F)OS(=O)(=O)O. The van der Waals surface area contributed by atoms with Gasteiger partial charge < -0.3 is 0 Å². The van der Waals surface area contributed by atoms with E-state index in [2.05, 4.69) is 4.18 Å². The zero-order valence-electron chi connectivity index (χ0n) is 5.67. The summed E-state index contributed by atoms with van der Waals surface area (Å²) >= 11 is 0. The van der Waals surface area contributed by atoms with Gasteiger partial charge in [-0.3, -0.25) is 4.55 Å². The predicted molar refractivity (Wildman–Crippen MR) is 32.4 cm³/mol. The van der Waals surface area contributed by atoms with Gasteiger partial charge in [-0.1, -0.05) is 6.92 Å². The molecule has 0 aromatic heterocycles. The molecule has 0 heterocycles. The first-order chi connectivity index (χ1) is 4.27. The third-order valence-electron chi connectivity index (χ3n) is 0.911. The molecule has 6 heteroatoms. The molecule has 0 aliphatic carbocycles. The van der Waals surface area contributed by atoms with Crippen molar-refractivity contribution in [3.05, 3.63) is 0 Å². The average Bonchev–Trinajstić information content (AvgIpc) is 1.60. The largest absolute Gasteiger partial charge is 0.400 e. The van der Waals surface area contributed by atoms with Crippen molar-refractivity contribution in [2.24, 2.45) is 0 Å². The molecule has 0 aliphatic rings. The van der Waals surface area contributed by atoms with Crippen LogP contribution in [0.4, 0.5) is 4.39 Å². The van der Waals surface area contributed by atoms with Gasteiger partial charge in [0.1, 0.15) is 0 Å². The molecule has 0 rings (SSSR count). The molecule has 0 aliphatic heterocycles. The van der Waals surface area contributed by atoms with E-state index >= 15 is 0 Å². The number of hydrogen-bond donors (Lipinski definition) is 1. The summed E-state index contributed by atoms with van der Waals surface area (Å²) in [5.74, 6) is -2.31. The fraction of sp³-hybridized carbons (Fsp3) is 1.00. The summed E-state index contributed by atoms with van der Waals surface area (Å²) in [4.78, 5) is 0. The van der Waals surface area contributed by atoms with Gasteiger partial charge in [-0.05, 0) is 6.92 Å². The van der Waals surface area contributed by atoms with Crippen molar-refractivity contribution in [3.8, 4) is 0 Å². The Balaban J connectivity index is 4.16. The Morgan fingerprint density at radius 2 is 2.10 bits per heavy atom. The van der Waals surface area contributed by atoms with Crippen molar-refractivity contribution in [1.29, 1.82) is 0 Å². The van der Waals surface area contributed by atoms with Crippen molar-refractivity contribution < 1.29 is 21.5 Å². The van der Waals surface area contributed by atoms with Crippen LogP contribution in [0.3, 0.4) is 0 Å². The molecule has 0 saturated heterocycles. The maximum Gasteiger partial charge on any atom is 0.400 e. The maximum atomic E-state index is 12.6. The average molecular weight is 172 g/mol. The summed E-state index contributed by atoms with van der Waals surface area (Å²) in [7, 11) is -4.67. The fourth-order valence-corrected chi connectivity index (χ4v) is 0.836. The predicted octanol–water partition coefficient (Wildman–Crippen LogP) is 0.901.